The SMILES string of the molecule is Cc1ccoc1C(=O)NC1CCCC(C)C1C. The smallest absolute Gasteiger partial charge is 0.287 e. The van der Waals surface area contributed by atoms with Gasteiger partial charge in [0.15, 0.2) is 5.76 Å². The van der Waals surface area contributed by atoms with Gasteiger partial charge in [-0.25, -0.2) is 0 Å². The zero-order chi connectivity index (χ0) is 12.4. The number of rotatable bonds is 2. The molecular weight excluding hydrogens is 214 g/mol. The number of amides is 1. The number of nitrogens with one attached hydrogen (secondary N) is 1. The van der Waals surface area contributed by atoms with E-state index < -0.39 is 0 Å². The van der Waals surface area contributed by atoms with Crippen molar-refractivity contribution in [3.05, 3.63) is 23.7 Å². The fraction of sp³-hybridized carbons (Fsp3) is 0.643. The second kappa shape index (κ2) is 4.94. The second-order valence-corrected chi connectivity index (χ2v) is 5.28. The molecule has 1 heterocycles. The molecule has 3 atom stereocenters. The topological polar surface area (TPSA) is 42.2 Å². The first-order valence-electron chi connectivity index (χ1n) is 6.44. The van der Waals surface area contributed by atoms with E-state index in [0.717, 1.165) is 12.0 Å². The van der Waals surface area contributed by atoms with E-state index in [4.69, 9.17) is 4.42 Å². The Kier molecular flexibility index (Phi) is 3.55. The van der Waals surface area contributed by atoms with E-state index in [1.165, 1.54) is 12.8 Å². The summed E-state index contributed by atoms with van der Waals surface area (Å²) in [6.45, 7) is 6.39. The van der Waals surface area contributed by atoms with Crippen molar-refractivity contribution >= 4 is 5.91 Å². The molecule has 1 N–H and O–H groups in total. The summed E-state index contributed by atoms with van der Waals surface area (Å²) in [5.41, 5.74) is 0.902. The lowest BCUT2D eigenvalue weighted by Gasteiger charge is -2.34. The molecule has 1 aliphatic carbocycles. The van der Waals surface area contributed by atoms with Crippen molar-refractivity contribution in [3.8, 4) is 0 Å². The van der Waals surface area contributed by atoms with Crippen LogP contribution in [0.2, 0.25) is 0 Å². The normalized spacial score (nSPS) is 29.0. The first kappa shape index (κ1) is 12.2. The Morgan fingerprint density at radius 3 is 2.82 bits per heavy atom. The minimum atomic E-state index is -0.0709. The first-order valence-corrected chi connectivity index (χ1v) is 6.44. The highest BCUT2D eigenvalue weighted by Gasteiger charge is 2.29. The van der Waals surface area contributed by atoms with Crippen LogP contribution in [0.1, 0.15) is 49.2 Å². The van der Waals surface area contributed by atoms with E-state index in [-0.39, 0.29) is 11.9 Å². The van der Waals surface area contributed by atoms with Crippen LogP contribution >= 0.6 is 0 Å². The van der Waals surface area contributed by atoms with Crippen LogP contribution in [0.4, 0.5) is 0 Å². The molecule has 3 heteroatoms. The number of carbonyl (C=O) groups is 1. The maximum absolute atomic E-state index is 12.0. The van der Waals surface area contributed by atoms with E-state index >= 15 is 0 Å². The summed E-state index contributed by atoms with van der Waals surface area (Å²) in [7, 11) is 0. The van der Waals surface area contributed by atoms with E-state index in [1.807, 2.05) is 13.0 Å². The van der Waals surface area contributed by atoms with Gasteiger partial charge in [0.2, 0.25) is 0 Å². The van der Waals surface area contributed by atoms with Crippen molar-refractivity contribution in [2.24, 2.45) is 11.8 Å². The van der Waals surface area contributed by atoms with Gasteiger partial charge in [-0.05, 0) is 31.2 Å². The molecular formula is C14H21NO2. The predicted octanol–water partition coefficient (Wildman–Crippen LogP) is 3.14. The van der Waals surface area contributed by atoms with Gasteiger partial charge in [0.1, 0.15) is 0 Å². The highest BCUT2D eigenvalue weighted by atomic mass is 16.3. The molecule has 0 aromatic carbocycles. The minimum absolute atomic E-state index is 0.0709. The largest absolute Gasteiger partial charge is 0.459 e. The van der Waals surface area contributed by atoms with Crippen LogP contribution in [-0.4, -0.2) is 11.9 Å². The van der Waals surface area contributed by atoms with Crippen LogP contribution in [0.25, 0.3) is 0 Å². The van der Waals surface area contributed by atoms with Gasteiger partial charge in [0.05, 0.1) is 6.26 Å². The fourth-order valence-corrected chi connectivity index (χ4v) is 2.62. The van der Waals surface area contributed by atoms with Crippen LogP contribution in [0.15, 0.2) is 16.7 Å². The summed E-state index contributed by atoms with van der Waals surface area (Å²) < 4.78 is 5.22. The Hall–Kier alpha value is -1.25. The molecule has 3 nitrogen and oxygen atoms in total. The zero-order valence-corrected chi connectivity index (χ0v) is 10.8. The third kappa shape index (κ3) is 2.54. The number of carbonyl (C=O) groups excluding carboxylic acids is 1. The third-order valence-corrected chi connectivity index (χ3v) is 4.09. The van der Waals surface area contributed by atoms with Crippen molar-refractivity contribution < 1.29 is 9.21 Å². The van der Waals surface area contributed by atoms with Crippen LogP contribution in [-0.2, 0) is 0 Å². The average Bonchev–Trinajstić information content (AvgIpc) is 2.71. The van der Waals surface area contributed by atoms with Gasteiger partial charge in [-0.1, -0.05) is 26.7 Å². The summed E-state index contributed by atoms with van der Waals surface area (Å²) in [6, 6.07) is 2.11. The van der Waals surface area contributed by atoms with Gasteiger partial charge >= 0.3 is 0 Å². The maximum Gasteiger partial charge on any atom is 0.287 e. The van der Waals surface area contributed by atoms with Crippen LogP contribution in [0.3, 0.4) is 0 Å². The van der Waals surface area contributed by atoms with Gasteiger partial charge in [-0.3, -0.25) is 4.79 Å². The summed E-state index contributed by atoms with van der Waals surface area (Å²) in [5, 5.41) is 3.11. The van der Waals surface area contributed by atoms with Gasteiger partial charge in [-0.15, -0.1) is 0 Å². The van der Waals surface area contributed by atoms with Crippen molar-refractivity contribution in [2.45, 2.75) is 46.1 Å². The standard InChI is InChI=1S/C14H21NO2/c1-9-5-4-6-12(11(9)3)15-14(16)13-10(2)7-8-17-13/h7-9,11-12H,4-6H2,1-3H3,(H,15,16). The second-order valence-electron chi connectivity index (χ2n) is 5.28. The molecule has 0 radical (unpaired) electrons. The number of hydrogen-bond donors (Lipinski definition) is 1. The molecule has 1 aliphatic rings. The lowest BCUT2D eigenvalue weighted by molar-refractivity contribution is 0.0862. The lowest BCUT2D eigenvalue weighted by atomic mass is 9.78. The minimum Gasteiger partial charge on any atom is -0.459 e. The fourth-order valence-electron chi connectivity index (χ4n) is 2.62. The molecule has 0 saturated heterocycles. The highest BCUT2D eigenvalue weighted by molar-refractivity contribution is 5.93. The van der Waals surface area contributed by atoms with Crippen molar-refractivity contribution in [2.75, 3.05) is 0 Å². The molecule has 1 amide bonds. The molecule has 1 aromatic heterocycles. The summed E-state index contributed by atoms with van der Waals surface area (Å²) in [4.78, 5) is 12.0. The highest BCUT2D eigenvalue weighted by Crippen LogP contribution is 2.29. The lowest BCUT2D eigenvalue weighted by Crippen LogP contribution is -2.43. The molecule has 1 saturated carbocycles. The molecule has 0 spiro atoms. The molecule has 3 unspecified atom stereocenters. The van der Waals surface area contributed by atoms with Gasteiger partial charge in [0, 0.05) is 11.6 Å². The predicted molar refractivity (Wildman–Crippen MR) is 66.9 cm³/mol. The van der Waals surface area contributed by atoms with Crippen molar-refractivity contribution in [1.82, 2.24) is 5.32 Å². The van der Waals surface area contributed by atoms with E-state index in [0.29, 0.717) is 17.6 Å². The van der Waals surface area contributed by atoms with Crippen molar-refractivity contribution in [1.29, 1.82) is 0 Å². The maximum atomic E-state index is 12.0. The molecule has 2 rings (SSSR count). The summed E-state index contributed by atoms with van der Waals surface area (Å²) in [5.74, 6) is 1.61. The van der Waals surface area contributed by atoms with Crippen LogP contribution in [0.5, 0.6) is 0 Å². The molecule has 94 valence electrons. The molecule has 1 aromatic rings. The van der Waals surface area contributed by atoms with Crippen LogP contribution in [0, 0.1) is 18.8 Å². The quantitative estimate of drug-likeness (QED) is 0.855. The Bertz CT molecular complexity index is 397. The van der Waals surface area contributed by atoms with Gasteiger partial charge < -0.3 is 9.73 Å². The summed E-state index contributed by atoms with van der Waals surface area (Å²) in [6.07, 6.45) is 5.12. The monoisotopic (exact) mass is 235 g/mol. The third-order valence-electron chi connectivity index (χ3n) is 4.09. The Morgan fingerprint density at radius 2 is 2.18 bits per heavy atom. The Morgan fingerprint density at radius 1 is 1.41 bits per heavy atom. The summed E-state index contributed by atoms with van der Waals surface area (Å²) >= 11 is 0. The molecule has 1 fully saturated rings. The Labute approximate surface area is 103 Å². The Balaban J connectivity index is 2.01. The number of hydrogen-bond acceptors (Lipinski definition) is 2. The number of furan rings is 1. The van der Waals surface area contributed by atoms with Crippen LogP contribution < -0.4 is 5.32 Å². The van der Waals surface area contributed by atoms with Crippen molar-refractivity contribution in [3.63, 3.8) is 0 Å². The number of aryl methyl sites for hydroxylation is 1. The zero-order valence-electron chi connectivity index (χ0n) is 10.8. The average molecular weight is 235 g/mol. The van der Waals surface area contributed by atoms with E-state index in [1.54, 1.807) is 6.26 Å². The van der Waals surface area contributed by atoms with Gasteiger partial charge in [0.25, 0.3) is 5.91 Å². The van der Waals surface area contributed by atoms with Gasteiger partial charge in [-0.2, -0.15) is 0 Å². The van der Waals surface area contributed by atoms with E-state index in [9.17, 15) is 4.79 Å². The van der Waals surface area contributed by atoms with E-state index in [2.05, 4.69) is 19.2 Å². The molecule has 0 aliphatic heterocycles. The molecule has 17 heavy (non-hydrogen) atoms. The first-order chi connectivity index (χ1) is 8.09. The molecule has 0 bridgehead atoms.